The molecule has 0 radical (unpaired) electrons. The number of H-pyrrole nitrogens is 1. The van der Waals surface area contributed by atoms with Gasteiger partial charge in [-0.3, -0.25) is 9.78 Å². The molecule has 1 aromatic carbocycles. The lowest BCUT2D eigenvalue weighted by atomic mass is 10.1. The number of anilines is 2. The smallest absolute Gasteiger partial charge is 0.408 e. The van der Waals surface area contributed by atoms with E-state index < -0.39 is 11.7 Å². The Morgan fingerprint density at radius 1 is 1.38 bits per heavy atom. The second-order valence-electron chi connectivity index (χ2n) is 5.45. The van der Waals surface area contributed by atoms with E-state index in [1.165, 1.54) is 0 Å². The quantitative estimate of drug-likeness (QED) is 0.724. The summed E-state index contributed by atoms with van der Waals surface area (Å²) < 4.78 is 4.99. The number of carbonyl (C=O) groups is 1. The van der Waals surface area contributed by atoms with Crippen molar-refractivity contribution in [1.82, 2.24) is 4.98 Å². The fourth-order valence-corrected chi connectivity index (χ4v) is 3.05. The van der Waals surface area contributed by atoms with Crippen molar-refractivity contribution in [1.29, 1.82) is 0 Å². The lowest BCUT2D eigenvalue weighted by molar-refractivity contribution is -0.116. The number of amides is 1. The monoisotopic (exact) mass is 290 g/mol. The summed E-state index contributed by atoms with van der Waals surface area (Å²) in [4.78, 5) is 27.2. The highest BCUT2D eigenvalue weighted by molar-refractivity contribution is 5.88. The van der Waals surface area contributed by atoms with Gasteiger partial charge in [0.05, 0.1) is 23.4 Å². The Labute approximate surface area is 120 Å². The molecule has 3 rings (SSSR count). The fourth-order valence-electron chi connectivity index (χ4n) is 3.05. The summed E-state index contributed by atoms with van der Waals surface area (Å²) in [5.74, 6) is -0.925. The first-order chi connectivity index (χ1) is 10.0. The van der Waals surface area contributed by atoms with Gasteiger partial charge in [-0.25, -0.2) is 4.79 Å². The predicted octanol–water partition coefficient (Wildman–Crippen LogP) is 0.938. The minimum atomic E-state index is -0.524. The highest BCUT2D eigenvalue weighted by Gasteiger charge is 2.26. The third kappa shape index (κ3) is 2.58. The van der Waals surface area contributed by atoms with E-state index in [1.54, 1.807) is 12.1 Å². The average Bonchev–Trinajstić information content (AvgIpc) is 3.03. The zero-order chi connectivity index (χ0) is 15.0. The highest BCUT2D eigenvalue weighted by atomic mass is 16.4. The van der Waals surface area contributed by atoms with Crippen LogP contribution in [0.15, 0.2) is 21.3 Å². The first-order valence-corrected chi connectivity index (χ1v) is 7.02. The van der Waals surface area contributed by atoms with Gasteiger partial charge in [0.1, 0.15) is 0 Å². The van der Waals surface area contributed by atoms with Crippen LogP contribution in [0.4, 0.5) is 11.4 Å². The van der Waals surface area contributed by atoms with Crippen molar-refractivity contribution in [3.8, 4) is 0 Å². The van der Waals surface area contributed by atoms with Crippen molar-refractivity contribution in [3.63, 3.8) is 0 Å². The minimum Gasteiger partial charge on any atom is -0.408 e. The second-order valence-corrected chi connectivity index (χ2v) is 5.45. The number of oxazole rings is 1. The molecule has 0 spiro atoms. The van der Waals surface area contributed by atoms with E-state index in [0.29, 0.717) is 22.5 Å². The zero-order valence-electron chi connectivity index (χ0n) is 11.6. The molecule has 0 atom stereocenters. The summed E-state index contributed by atoms with van der Waals surface area (Å²) in [7, 11) is 0. The Morgan fingerprint density at radius 3 is 2.76 bits per heavy atom. The Morgan fingerprint density at radius 2 is 2.10 bits per heavy atom. The number of nitrogens with zero attached hydrogens (tertiary/aromatic N) is 1. The Kier molecular flexibility index (Phi) is 3.32. The standard InChI is InChI=1S/C14H18N4O3/c15-9-5-12-10(17-14(20)21-12)6-11(9)18(7-13(16)19)8-3-1-2-4-8/h5-6,8H,1-4,7,15H2,(H2,16,19)(H,17,20). The molecule has 1 aliphatic carbocycles. The van der Waals surface area contributed by atoms with Gasteiger partial charge < -0.3 is 20.8 Å². The van der Waals surface area contributed by atoms with Gasteiger partial charge in [-0.1, -0.05) is 12.8 Å². The summed E-state index contributed by atoms with van der Waals surface area (Å²) in [5, 5.41) is 0. The van der Waals surface area contributed by atoms with Crippen LogP contribution in [-0.2, 0) is 4.79 Å². The zero-order valence-corrected chi connectivity index (χ0v) is 11.6. The number of nitrogens with two attached hydrogens (primary N) is 2. The number of aromatic nitrogens is 1. The van der Waals surface area contributed by atoms with Gasteiger partial charge in [-0.05, 0) is 18.9 Å². The molecule has 0 saturated heterocycles. The first-order valence-electron chi connectivity index (χ1n) is 7.02. The number of hydrogen-bond acceptors (Lipinski definition) is 5. The molecule has 1 saturated carbocycles. The number of aromatic amines is 1. The number of nitrogens with one attached hydrogen (secondary N) is 1. The van der Waals surface area contributed by atoms with Crippen molar-refractivity contribution in [2.24, 2.45) is 5.73 Å². The van der Waals surface area contributed by atoms with Crippen LogP contribution in [0, 0.1) is 0 Å². The Balaban J connectivity index is 2.06. The number of carbonyl (C=O) groups excluding carboxylic acids is 1. The maximum absolute atomic E-state index is 11.4. The molecule has 0 unspecified atom stereocenters. The molecule has 0 bridgehead atoms. The summed E-state index contributed by atoms with van der Waals surface area (Å²) in [6.45, 7) is 0.114. The van der Waals surface area contributed by atoms with E-state index >= 15 is 0 Å². The number of fused-ring (bicyclic) bond motifs is 1. The number of rotatable bonds is 4. The molecule has 1 aromatic heterocycles. The molecule has 1 aliphatic rings. The van der Waals surface area contributed by atoms with Gasteiger partial charge in [-0.2, -0.15) is 0 Å². The molecule has 2 aromatic rings. The highest BCUT2D eigenvalue weighted by Crippen LogP contribution is 2.33. The van der Waals surface area contributed by atoms with Crippen LogP contribution in [0.2, 0.25) is 0 Å². The van der Waals surface area contributed by atoms with Crippen molar-refractivity contribution in [3.05, 3.63) is 22.7 Å². The van der Waals surface area contributed by atoms with Crippen molar-refractivity contribution >= 4 is 28.4 Å². The van der Waals surface area contributed by atoms with Crippen molar-refractivity contribution < 1.29 is 9.21 Å². The van der Waals surface area contributed by atoms with E-state index in [-0.39, 0.29) is 12.6 Å². The number of benzene rings is 1. The minimum absolute atomic E-state index is 0.114. The van der Waals surface area contributed by atoms with Crippen LogP contribution >= 0.6 is 0 Å². The second kappa shape index (κ2) is 5.16. The first kappa shape index (κ1) is 13.5. The van der Waals surface area contributed by atoms with Crippen LogP contribution in [-0.4, -0.2) is 23.5 Å². The maximum Gasteiger partial charge on any atom is 0.417 e. The van der Waals surface area contributed by atoms with E-state index in [1.807, 2.05) is 4.90 Å². The van der Waals surface area contributed by atoms with E-state index in [0.717, 1.165) is 25.7 Å². The number of nitrogen functional groups attached to an aromatic ring is 1. The number of primary amides is 1. The molecule has 5 N–H and O–H groups in total. The summed E-state index contributed by atoms with van der Waals surface area (Å²) >= 11 is 0. The van der Waals surface area contributed by atoms with Gasteiger partial charge in [-0.15, -0.1) is 0 Å². The van der Waals surface area contributed by atoms with Gasteiger partial charge in [0, 0.05) is 12.1 Å². The molecular formula is C14H18N4O3. The van der Waals surface area contributed by atoms with Gasteiger partial charge in [0.25, 0.3) is 0 Å². The van der Waals surface area contributed by atoms with Crippen LogP contribution in [0.3, 0.4) is 0 Å². The van der Waals surface area contributed by atoms with E-state index in [9.17, 15) is 9.59 Å². The average molecular weight is 290 g/mol. The van der Waals surface area contributed by atoms with Crippen LogP contribution < -0.4 is 22.1 Å². The molecule has 1 amide bonds. The summed E-state index contributed by atoms with van der Waals surface area (Å²) in [5.41, 5.74) is 13.6. The fraction of sp³-hybridized carbons (Fsp3) is 0.429. The molecular weight excluding hydrogens is 272 g/mol. The van der Waals surface area contributed by atoms with Gasteiger partial charge in [0.2, 0.25) is 5.91 Å². The Hall–Kier alpha value is -2.44. The maximum atomic E-state index is 11.4. The SMILES string of the molecule is NC(=O)CN(c1cc2[nH]c(=O)oc2cc1N)C1CCCC1. The van der Waals surface area contributed by atoms with E-state index in [4.69, 9.17) is 15.9 Å². The Bertz CT molecular complexity index is 727. The van der Waals surface area contributed by atoms with Crippen molar-refractivity contribution in [2.45, 2.75) is 31.7 Å². The lowest BCUT2D eigenvalue weighted by Gasteiger charge is -2.30. The van der Waals surface area contributed by atoms with E-state index in [2.05, 4.69) is 4.98 Å². The topological polar surface area (TPSA) is 118 Å². The van der Waals surface area contributed by atoms with Crippen LogP contribution in [0.5, 0.6) is 0 Å². The van der Waals surface area contributed by atoms with Crippen molar-refractivity contribution in [2.75, 3.05) is 17.2 Å². The number of hydrogen-bond donors (Lipinski definition) is 3. The predicted molar refractivity (Wildman–Crippen MR) is 80.0 cm³/mol. The molecule has 7 heteroatoms. The lowest BCUT2D eigenvalue weighted by Crippen LogP contribution is -2.40. The van der Waals surface area contributed by atoms with Crippen LogP contribution in [0.25, 0.3) is 11.1 Å². The summed E-state index contributed by atoms with van der Waals surface area (Å²) in [6.07, 6.45) is 4.27. The third-order valence-electron chi connectivity index (χ3n) is 3.97. The molecule has 112 valence electrons. The van der Waals surface area contributed by atoms with Gasteiger partial charge >= 0.3 is 5.76 Å². The van der Waals surface area contributed by atoms with Crippen LogP contribution in [0.1, 0.15) is 25.7 Å². The molecule has 0 aliphatic heterocycles. The largest absolute Gasteiger partial charge is 0.417 e. The molecule has 21 heavy (non-hydrogen) atoms. The van der Waals surface area contributed by atoms with Gasteiger partial charge in [0.15, 0.2) is 5.58 Å². The summed E-state index contributed by atoms with van der Waals surface area (Å²) in [6, 6.07) is 3.60. The normalized spacial score (nSPS) is 15.6. The molecule has 1 fully saturated rings. The molecule has 1 heterocycles. The molecule has 7 nitrogen and oxygen atoms in total. The third-order valence-corrected chi connectivity index (χ3v) is 3.97.